The van der Waals surface area contributed by atoms with Crippen LogP contribution in [0, 0.1) is 5.82 Å². The fourth-order valence-electron chi connectivity index (χ4n) is 1.77. The van der Waals surface area contributed by atoms with Gasteiger partial charge in [-0.1, -0.05) is 0 Å². The van der Waals surface area contributed by atoms with Gasteiger partial charge < -0.3 is 4.74 Å². The molecule has 1 aromatic carbocycles. The highest BCUT2D eigenvalue weighted by molar-refractivity contribution is 9.10. The van der Waals surface area contributed by atoms with E-state index in [4.69, 9.17) is 4.74 Å². The SMILES string of the molecule is CCn1ncc(Br)c1C(=O)c1ccc(OC)c(F)c1. The van der Waals surface area contributed by atoms with Gasteiger partial charge in [0.05, 0.1) is 17.8 Å². The average molecular weight is 327 g/mol. The molecule has 0 unspecified atom stereocenters. The molecule has 19 heavy (non-hydrogen) atoms. The molecule has 0 saturated heterocycles. The highest BCUT2D eigenvalue weighted by atomic mass is 79.9. The molecule has 0 amide bonds. The molecule has 0 aliphatic rings. The second kappa shape index (κ2) is 5.52. The maximum Gasteiger partial charge on any atom is 0.212 e. The van der Waals surface area contributed by atoms with Crippen LogP contribution in [0.2, 0.25) is 0 Å². The number of carbonyl (C=O) groups excluding carboxylic acids is 1. The Morgan fingerprint density at radius 1 is 1.53 bits per heavy atom. The van der Waals surface area contributed by atoms with Crippen molar-refractivity contribution in [3.8, 4) is 5.75 Å². The smallest absolute Gasteiger partial charge is 0.212 e. The number of ether oxygens (including phenoxy) is 1. The molecule has 0 atom stereocenters. The summed E-state index contributed by atoms with van der Waals surface area (Å²) >= 11 is 3.28. The van der Waals surface area contributed by atoms with Crippen LogP contribution in [0.5, 0.6) is 5.75 Å². The van der Waals surface area contributed by atoms with Crippen LogP contribution in [0.25, 0.3) is 0 Å². The largest absolute Gasteiger partial charge is 0.494 e. The lowest BCUT2D eigenvalue weighted by atomic mass is 10.1. The first kappa shape index (κ1) is 13.7. The predicted molar refractivity (Wildman–Crippen MR) is 72.0 cm³/mol. The molecule has 2 aromatic rings. The number of ketones is 1. The molecule has 0 N–H and O–H groups in total. The number of methoxy groups -OCH3 is 1. The third-order valence-electron chi connectivity index (χ3n) is 2.72. The quantitative estimate of drug-likeness (QED) is 0.811. The molecular weight excluding hydrogens is 315 g/mol. The van der Waals surface area contributed by atoms with Crippen molar-refractivity contribution in [2.24, 2.45) is 0 Å². The molecule has 0 saturated carbocycles. The maximum atomic E-state index is 13.6. The summed E-state index contributed by atoms with van der Waals surface area (Å²) in [5.74, 6) is -0.737. The van der Waals surface area contributed by atoms with Crippen molar-refractivity contribution in [2.45, 2.75) is 13.5 Å². The van der Waals surface area contributed by atoms with Crippen molar-refractivity contribution in [2.75, 3.05) is 7.11 Å². The van der Waals surface area contributed by atoms with Crippen LogP contribution in [-0.2, 0) is 6.54 Å². The van der Waals surface area contributed by atoms with E-state index in [0.29, 0.717) is 16.7 Å². The van der Waals surface area contributed by atoms with Gasteiger partial charge in [-0.05, 0) is 41.1 Å². The number of benzene rings is 1. The van der Waals surface area contributed by atoms with Crippen LogP contribution >= 0.6 is 15.9 Å². The minimum Gasteiger partial charge on any atom is -0.494 e. The van der Waals surface area contributed by atoms with Gasteiger partial charge in [0.2, 0.25) is 5.78 Å². The van der Waals surface area contributed by atoms with Gasteiger partial charge in [-0.3, -0.25) is 9.48 Å². The predicted octanol–water partition coefficient (Wildman–Crippen LogP) is 3.04. The van der Waals surface area contributed by atoms with Gasteiger partial charge in [0.1, 0.15) is 5.69 Å². The third kappa shape index (κ3) is 2.53. The molecule has 100 valence electrons. The standard InChI is InChI=1S/C13H12BrFN2O2/c1-3-17-12(9(14)7-16-17)13(18)8-4-5-11(19-2)10(15)6-8/h4-7H,3H2,1-2H3. The second-order valence-corrected chi connectivity index (χ2v) is 4.69. The van der Waals surface area contributed by atoms with Gasteiger partial charge in [-0.2, -0.15) is 5.10 Å². The van der Waals surface area contributed by atoms with Gasteiger partial charge in [0.25, 0.3) is 0 Å². The Balaban J connectivity index is 2.44. The highest BCUT2D eigenvalue weighted by Crippen LogP contribution is 2.23. The molecule has 1 heterocycles. The van der Waals surface area contributed by atoms with Crippen LogP contribution in [-0.4, -0.2) is 22.7 Å². The van der Waals surface area contributed by atoms with E-state index >= 15 is 0 Å². The van der Waals surface area contributed by atoms with Gasteiger partial charge in [-0.15, -0.1) is 0 Å². The van der Waals surface area contributed by atoms with E-state index < -0.39 is 5.82 Å². The first-order chi connectivity index (χ1) is 9.08. The van der Waals surface area contributed by atoms with Crippen LogP contribution in [0.15, 0.2) is 28.9 Å². The van der Waals surface area contributed by atoms with Crippen molar-refractivity contribution in [3.05, 3.63) is 45.9 Å². The Morgan fingerprint density at radius 2 is 2.26 bits per heavy atom. The molecule has 6 heteroatoms. The summed E-state index contributed by atoms with van der Waals surface area (Å²) in [5, 5.41) is 4.07. The monoisotopic (exact) mass is 326 g/mol. The minimum absolute atomic E-state index is 0.111. The zero-order valence-corrected chi connectivity index (χ0v) is 12.1. The summed E-state index contributed by atoms with van der Waals surface area (Å²) in [7, 11) is 1.38. The zero-order valence-electron chi connectivity index (χ0n) is 10.5. The summed E-state index contributed by atoms with van der Waals surface area (Å²) in [4.78, 5) is 12.4. The lowest BCUT2D eigenvalue weighted by Crippen LogP contribution is -2.11. The number of aryl methyl sites for hydroxylation is 1. The molecule has 0 aliphatic carbocycles. The maximum absolute atomic E-state index is 13.6. The number of hydrogen-bond donors (Lipinski definition) is 0. The molecule has 1 aromatic heterocycles. The van der Waals surface area contributed by atoms with Gasteiger partial charge >= 0.3 is 0 Å². The summed E-state index contributed by atoms with van der Waals surface area (Å²) in [6.45, 7) is 2.44. The van der Waals surface area contributed by atoms with Crippen molar-refractivity contribution in [1.29, 1.82) is 0 Å². The van der Waals surface area contributed by atoms with E-state index in [1.165, 1.54) is 25.3 Å². The number of aromatic nitrogens is 2. The van der Waals surface area contributed by atoms with Crippen LogP contribution in [0.3, 0.4) is 0 Å². The van der Waals surface area contributed by atoms with Crippen molar-refractivity contribution < 1.29 is 13.9 Å². The van der Waals surface area contributed by atoms with Crippen LogP contribution < -0.4 is 4.74 Å². The van der Waals surface area contributed by atoms with Crippen molar-refractivity contribution in [1.82, 2.24) is 9.78 Å². The van der Waals surface area contributed by atoms with Gasteiger partial charge in [-0.25, -0.2) is 4.39 Å². The number of carbonyl (C=O) groups is 1. The number of hydrogen-bond acceptors (Lipinski definition) is 3. The van der Waals surface area contributed by atoms with E-state index in [1.54, 1.807) is 10.9 Å². The van der Waals surface area contributed by atoms with Crippen LogP contribution in [0.4, 0.5) is 4.39 Å². The average Bonchev–Trinajstić information content (AvgIpc) is 2.78. The number of rotatable bonds is 4. The Kier molecular flexibility index (Phi) is 3.99. The molecule has 0 spiro atoms. The Morgan fingerprint density at radius 3 is 2.84 bits per heavy atom. The summed E-state index contributed by atoms with van der Waals surface area (Å²) in [6.07, 6.45) is 1.55. The first-order valence-corrected chi connectivity index (χ1v) is 6.47. The summed E-state index contributed by atoms with van der Waals surface area (Å²) < 4.78 is 20.6. The van der Waals surface area contributed by atoms with Crippen molar-refractivity contribution in [3.63, 3.8) is 0 Å². The minimum atomic E-state index is -0.563. The second-order valence-electron chi connectivity index (χ2n) is 3.84. The van der Waals surface area contributed by atoms with Crippen molar-refractivity contribution >= 4 is 21.7 Å². The van der Waals surface area contributed by atoms with E-state index in [9.17, 15) is 9.18 Å². The Hall–Kier alpha value is -1.69. The van der Waals surface area contributed by atoms with E-state index in [1.807, 2.05) is 6.92 Å². The zero-order chi connectivity index (χ0) is 14.0. The van der Waals surface area contributed by atoms with E-state index in [-0.39, 0.29) is 17.1 Å². The van der Waals surface area contributed by atoms with Gasteiger partial charge in [0.15, 0.2) is 11.6 Å². The fourth-order valence-corrected chi connectivity index (χ4v) is 2.25. The molecule has 2 rings (SSSR count). The third-order valence-corrected chi connectivity index (χ3v) is 3.30. The summed E-state index contributed by atoms with van der Waals surface area (Å²) in [6, 6.07) is 4.13. The Labute approximate surface area is 118 Å². The van der Waals surface area contributed by atoms with E-state index in [2.05, 4.69) is 21.0 Å². The number of halogens is 2. The molecular formula is C13H12BrFN2O2. The highest BCUT2D eigenvalue weighted by Gasteiger charge is 2.19. The van der Waals surface area contributed by atoms with E-state index in [0.717, 1.165) is 0 Å². The number of nitrogens with zero attached hydrogens (tertiary/aromatic N) is 2. The first-order valence-electron chi connectivity index (χ1n) is 5.68. The lowest BCUT2D eigenvalue weighted by molar-refractivity contribution is 0.102. The molecule has 0 fully saturated rings. The fraction of sp³-hybridized carbons (Fsp3) is 0.231. The normalized spacial score (nSPS) is 10.5. The lowest BCUT2D eigenvalue weighted by Gasteiger charge is -2.07. The summed E-state index contributed by atoms with van der Waals surface area (Å²) in [5.41, 5.74) is 0.668. The van der Waals surface area contributed by atoms with Crippen LogP contribution in [0.1, 0.15) is 23.0 Å². The topological polar surface area (TPSA) is 44.1 Å². The Bertz CT molecular complexity index is 625. The molecule has 4 nitrogen and oxygen atoms in total. The van der Waals surface area contributed by atoms with Gasteiger partial charge in [0, 0.05) is 12.1 Å². The molecule has 0 aliphatic heterocycles. The molecule has 0 radical (unpaired) electrons. The molecule has 0 bridgehead atoms.